The highest BCUT2D eigenvalue weighted by atomic mass is 15.1. The summed E-state index contributed by atoms with van der Waals surface area (Å²) in [6, 6.07) is 4.83. The average Bonchev–Trinajstić information content (AvgIpc) is 2.24. The molecule has 0 rings (SSSR count). The predicted molar refractivity (Wildman–Crippen MR) is 65.6 cm³/mol. The monoisotopic (exact) mass is 221 g/mol. The fraction of sp³-hybridized carbons (Fsp3) is 0.846. The second kappa shape index (κ2) is 7.25. The maximum absolute atomic E-state index is 8.86. The van der Waals surface area contributed by atoms with Crippen LogP contribution < -0.4 is 0 Å². The summed E-state index contributed by atoms with van der Waals surface area (Å²) in [5, 5.41) is 17.4. The van der Waals surface area contributed by atoms with Crippen LogP contribution in [-0.4, -0.2) is 24.5 Å². The van der Waals surface area contributed by atoms with Crippen LogP contribution in [0.15, 0.2) is 0 Å². The molecule has 3 nitrogen and oxygen atoms in total. The zero-order chi connectivity index (χ0) is 12.6. The highest BCUT2D eigenvalue weighted by molar-refractivity contribution is 4.91. The van der Waals surface area contributed by atoms with E-state index in [1.165, 1.54) is 0 Å². The van der Waals surface area contributed by atoms with Crippen LogP contribution in [0.1, 0.15) is 46.5 Å². The van der Waals surface area contributed by atoms with Gasteiger partial charge < -0.3 is 4.90 Å². The van der Waals surface area contributed by atoms with Crippen LogP contribution in [0.25, 0.3) is 0 Å². The summed E-state index contributed by atoms with van der Waals surface area (Å²) >= 11 is 0. The molecular weight excluding hydrogens is 198 g/mol. The van der Waals surface area contributed by atoms with Crippen LogP contribution in [0.4, 0.5) is 0 Å². The van der Waals surface area contributed by atoms with Gasteiger partial charge in [-0.3, -0.25) is 0 Å². The van der Waals surface area contributed by atoms with Gasteiger partial charge in [0, 0.05) is 6.04 Å². The van der Waals surface area contributed by atoms with Crippen molar-refractivity contribution in [1.82, 2.24) is 4.90 Å². The SMILES string of the molecule is CC(CC#N)N(C)CCCCC(C)(C)C#N. The van der Waals surface area contributed by atoms with E-state index in [0.717, 1.165) is 25.8 Å². The Balaban J connectivity index is 3.68. The van der Waals surface area contributed by atoms with Crippen molar-refractivity contribution in [3.8, 4) is 12.1 Å². The van der Waals surface area contributed by atoms with Gasteiger partial charge in [-0.25, -0.2) is 0 Å². The summed E-state index contributed by atoms with van der Waals surface area (Å²) < 4.78 is 0. The van der Waals surface area contributed by atoms with Crippen LogP contribution in [0.2, 0.25) is 0 Å². The number of nitriles is 2. The Hall–Kier alpha value is -1.06. The van der Waals surface area contributed by atoms with Gasteiger partial charge in [0.2, 0.25) is 0 Å². The molecule has 0 heterocycles. The first-order chi connectivity index (χ1) is 7.43. The molecule has 0 aromatic rings. The number of hydrogen-bond acceptors (Lipinski definition) is 3. The van der Waals surface area contributed by atoms with Crippen LogP contribution in [0.5, 0.6) is 0 Å². The Morgan fingerprint density at radius 2 is 1.88 bits per heavy atom. The molecule has 0 amide bonds. The van der Waals surface area contributed by atoms with Gasteiger partial charge in [0.25, 0.3) is 0 Å². The first-order valence-corrected chi connectivity index (χ1v) is 5.91. The smallest absolute Gasteiger partial charge is 0.0683 e. The zero-order valence-electron chi connectivity index (χ0n) is 11.0. The maximum Gasteiger partial charge on any atom is 0.0683 e. The van der Waals surface area contributed by atoms with Crippen molar-refractivity contribution in [3.05, 3.63) is 0 Å². The minimum atomic E-state index is -0.198. The van der Waals surface area contributed by atoms with E-state index in [0.29, 0.717) is 12.5 Å². The van der Waals surface area contributed by atoms with E-state index in [1.807, 2.05) is 13.8 Å². The molecular formula is C13H23N3. The molecule has 0 radical (unpaired) electrons. The highest BCUT2D eigenvalue weighted by Gasteiger charge is 2.16. The van der Waals surface area contributed by atoms with E-state index in [4.69, 9.17) is 10.5 Å². The minimum absolute atomic E-state index is 0.198. The lowest BCUT2D eigenvalue weighted by Gasteiger charge is -2.23. The number of nitrogens with zero attached hydrogens (tertiary/aromatic N) is 3. The largest absolute Gasteiger partial charge is 0.303 e. The molecule has 0 spiro atoms. The molecule has 0 aliphatic heterocycles. The summed E-state index contributed by atoms with van der Waals surface area (Å²) in [7, 11) is 2.05. The summed E-state index contributed by atoms with van der Waals surface area (Å²) in [6.45, 7) is 7.04. The van der Waals surface area contributed by atoms with Crippen molar-refractivity contribution in [3.63, 3.8) is 0 Å². The second-order valence-electron chi connectivity index (χ2n) is 5.14. The van der Waals surface area contributed by atoms with Crippen LogP contribution in [-0.2, 0) is 0 Å². The summed E-state index contributed by atoms with van der Waals surface area (Å²) in [4.78, 5) is 2.21. The first-order valence-electron chi connectivity index (χ1n) is 5.91. The minimum Gasteiger partial charge on any atom is -0.303 e. The lowest BCUT2D eigenvalue weighted by molar-refractivity contribution is 0.250. The molecule has 0 saturated heterocycles. The van der Waals surface area contributed by atoms with Crippen LogP contribution >= 0.6 is 0 Å². The summed E-state index contributed by atoms with van der Waals surface area (Å²) in [5.41, 5.74) is -0.198. The van der Waals surface area contributed by atoms with Gasteiger partial charge in [0.15, 0.2) is 0 Å². The van der Waals surface area contributed by atoms with Gasteiger partial charge in [-0.2, -0.15) is 10.5 Å². The molecule has 0 N–H and O–H groups in total. The summed E-state index contributed by atoms with van der Waals surface area (Å²) in [6.07, 6.45) is 3.70. The maximum atomic E-state index is 8.86. The molecule has 90 valence electrons. The molecule has 0 aromatic carbocycles. The van der Waals surface area contributed by atoms with Gasteiger partial charge in [-0.1, -0.05) is 6.42 Å². The van der Waals surface area contributed by atoms with E-state index in [-0.39, 0.29) is 5.41 Å². The normalized spacial score (nSPS) is 13.2. The van der Waals surface area contributed by atoms with Gasteiger partial charge in [-0.05, 0) is 47.2 Å². The van der Waals surface area contributed by atoms with Gasteiger partial charge in [0.1, 0.15) is 0 Å². The van der Waals surface area contributed by atoms with Crippen molar-refractivity contribution in [1.29, 1.82) is 10.5 Å². The Morgan fingerprint density at radius 1 is 1.25 bits per heavy atom. The highest BCUT2D eigenvalue weighted by Crippen LogP contribution is 2.21. The zero-order valence-corrected chi connectivity index (χ0v) is 11.0. The van der Waals surface area contributed by atoms with E-state index in [9.17, 15) is 0 Å². The molecule has 1 unspecified atom stereocenters. The third kappa shape index (κ3) is 6.43. The molecule has 0 bridgehead atoms. The van der Waals surface area contributed by atoms with Crippen LogP contribution in [0.3, 0.4) is 0 Å². The predicted octanol–water partition coefficient (Wildman–Crippen LogP) is 2.94. The Labute approximate surface area is 99.7 Å². The molecule has 0 saturated carbocycles. The fourth-order valence-corrected chi connectivity index (χ4v) is 1.49. The van der Waals surface area contributed by atoms with E-state index < -0.39 is 0 Å². The van der Waals surface area contributed by atoms with Crippen LogP contribution in [0, 0.1) is 28.1 Å². The number of hydrogen-bond donors (Lipinski definition) is 0. The quantitative estimate of drug-likeness (QED) is 0.621. The van der Waals surface area contributed by atoms with Crippen molar-refractivity contribution < 1.29 is 0 Å². The molecule has 16 heavy (non-hydrogen) atoms. The van der Waals surface area contributed by atoms with Crippen molar-refractivity contribution >= 4 is 0 Å². The third-order valence-corrected chi connectivity index (χ3v) is 3.00. The molecule has 0 fully saturated rings. The third-order valence-electron chi connectivity index (χ3n) is 3.00. The second-order valence-corrected chi connectivity index (χ2v) is 5.14. The first kappa shape index (κ1) is 14.9. The van der Waals surface area contributed by atoms with Crippen molar-refractivity contribution in [2.75, 3.05) is 13.6 Å². The number of rotatable bonds is 7. The van der Waals surface area contributed by atoms with E-state index in [2.05, 4.69) is 31.0 Å². The lowest BCUT2D eigenvalue weighted by atomic mass is 9.89. The topological polar surface area (TPSA) is 50.8 Å². The lowest BCUT2D eigenvalue weighted by Crippen LogP contribution is -2.29. The van der Waals surface area contributed by atoms with E-state index in [1.54, 1.807) is 0 Å². The van der Waals surface area contributed by atoms with Crippen molar-refractivity contribution in [2.45, 2.75) is 52.5 Å². The summed E-state index contributed by atoms with van der Waals surface area (Å²) in [5.74, 6) is 0. The Bertz CT molecular complexity index is 270. The molecule has 1 atom stereocenters. The molecule has 3 heteroatoms. The Morgan fingerprint density at radius 3 is 2.38 bits per heavy atom. The Kier molecular flexibility index (Phi) is 6.77. The van der Waals surface area contributed by atoms with Gasteiger partial charge in [0.05, 0.1) is 24.0 Å². The molecule has 0 aliphatic carbocycles. The molecule has 0 aromatic heterocycles. The van der Waals surface area contributed by atoms with Crippen molar-refractivity contribution in [2.24, 2.45) is 5.41 Å². The van der Waals surface area contributed by atoms with Gasteiger partial charge >= 0.3 is 0 Å². The fourth-order valence-electron chi connectivity index (χ4n) is 1.49. The molecule has 0 aliphatic rings. The number of unbranched alkanes of at least 4 members (excludes halogenated alkanes) is 1. The van der Waals surface area contributed by atoms with E-state index >= 15 is 0 Å². The van der Waals surface area contributed by atoms with Gasteiger partial charge in [-0.15, -0.1) is 0 Å². The average molecular weight is 221 g/mol. The standard InChI is InChI=1S/C13H23N3/c1-12(7-9-14)16(4)10-6-5-8-13(2,3)11-15/h12H,5-8,10H2,1-4H3.